The summed E-state index contributed by atoms with van der Waals surface area (Å²) in [5.74, 6) is 0.725. The first-order chi connectivity index (χ1) is 7.88. The van der Waals surface area contributed by atoms with Crippen molar-refractivity contribution in [1.82, 2.24) is 0 Å². The molecule has 2 rings (SSSR count). The quantitative estimate of drug-likeness (QED) is 0.807. The van der Waals surface area contributed by atoms with E-state index in [0.29, 0.717) is 12.2 Å². The maximum Gasteiger partial charge on any atom is 0.121 e. The molecule has 0 aliphatic heterocycles. The van der Waals surface area contributed by atoms with Crippen LogP contribution in [-0.2, 0) is 6.61 Å². The molecule has 0 bridgehead atoms. The Bertz CT molecular complexity index is 503. The van der Waals surface area contributed by atoms with Gasteiger partial charge >= 0.3 is 0 Å². The lowest BCUT2D eigenvalue weighted by atomic mass is 10.2. The lowest BCUT2D eigenvalue weighted by Crippen LogP contribution is -1.94. The maximum absolute atomic E-state index is 8.74. The Morgan fingerprint density at radius 2 is 1.76 bits per heavy atom. The second kappa shape index (κ2) is 6.31. The summed E-state index contributed by atoms with van der Waals surface area (Å²) in [4.78, 5) is 0. The Labute approximate surface area is 100 Å². The Morgan fingerprint density at radius 3 is 2.47 bits per heavy atom. The molecule has 2 aromatic carbocycles. The number of rotatable bonds is 3. The van der Waals surface area contributed by atoms with E-state index in [0.717, 1.165) is 11.3 Å². The van der Waals surface area contributed by atoms with Crippen molar-refractivity contribution in [2.75, 3.05) is 0 Å². The van der Waals surface area contributed by atoms with Crippen LogP contribution in [0.25, 0.3) is 0 Å². The van der Waals surface area contributed by atoms with Crippen molar-refractivity contribution < 1.29 is 10.2 Å². The average molecular weight is 227 g/mol. The molecule has 2 aromatic rings. The first-order valence-corrected chi connectivity index (χ1v) is 5.05. The van der Waals surface area contributed by atoms with Crippen molar-refractivity contribution in [3.05, 3.63) is 65.7 Å². The third-order valence-corrected chi connectivity index (χ3v) is 2.21. The molecule has 2 N–H and O–H groups in total. The van der Waals surface area contributed by atoms with Crippen molar-refractivity contribution >= 4 is 0 Å². The number of nitrogens with zero attached hydrogens (tertiary/aromatic N) is 1. The molecule has 0 unspecified atom stereocenters. The molecule has 0 heterocycles. The molecule has 0 amide bonds. The predicted octanol–water partition coefficient (Wildman–Crippen LogP) is 2.31. The van der Waals surface area contributed by atoms with Gasteiger partial charge in [0.05, 0.1) is 11.6 Å². The Kier molecular flexibility index (Phi) is 4.74. The van der Waals surface area contributed by atoms with Crippen LogP contribution in [-0.4, -0.2) is 5.48 Å². The zero-order valence-corrected chi connectivity index (χ0v) is 9.26. The van der Waals surface area contributed by atoms with Crippen LogP contribution in [0.4, 0.5) is 0 Å². The molecule has 0 atom stereocenters. The van der Waals surface area contributed by atoms with Crippen LogP contribution in [0.1, 0.15) is 11.1 Å². The molecule has 0 aromatic heterocycles. The standard InChI is InChI=1S/C14H11NO.H2O/c15-10-13-7-4-8-14(9-13)16-11-12-5-2-1-3-6-12;/h1-9H,11H2;1H2. The average Bonchev–Trinajstić information content (AvgIpc) is 2.38. The Balaban J connectivity index is 0.00000144. The van der Waals surface area contributed by atoms with Crippen molar-refractivity contribution in [1.29, 1.82) is 5.26 Å². The van der Waals surface area contributed by atoms with Gasteiger partial charge in [0.1, 0.15) is 12.4 Å². The van der Waals surface area contributed by atoms with Gasteiger partial charge in [0.2, 0.25) is 0 Å². The number of ether oxygens (including phenoxy) is 1. The van der Waals surface area contributed by atoms with Gasteiger partial charge in [-0.25, -0.2) is 0 Å². The van der Waals surface area contributed by atoms with Crippen molar-refractivity contribution in [2.45, 2.75) is 6.61 Å². The number of nitriles is 1. The van der Waals surface area contributed by atoms with E-state index in [2.05, 4.69) is 6.07 Å². The van der Waals surface area contributed by atoms with Gasteiger partial charge in [-0.05, 0) is 23.8 Å². The smallest absolute Gasteiger partial charge is 0.121 e. The normalized spacial score (nSPS) is 8.88. The zero-order valence-electron chi connectivity index (χ0n) is 9.26. The van der Waals surface area contributed by atoms with Gasteiger partial charge in [-0.2, -0.15) is 5.26 Å². The van der Waals surface area contributed by atoms with E-state index in [1.807, 2.05) is 42.5 Å². The predicted molar refractivity (Wildman–Crippen MR) is 65.5 cm³/mol. The van der Waals surface area contributed by atoms with E-state index in [4.69, 9.17) is 10.00 Å². The monoisotopic (exact) mass is 227 g/mol. The van der Waals surface area contributed by atoms with Crippen LogP contribution in [0.3, 0.4) is 0 Å². The number of hydrogen-bond acceptors (Lipinski definition) is 2. The molecule has 0 aliphatic carbocycles. The summed E-state index contributed by atoms with van der Waals surface area (Å²) in [7, 11) is 0. The lowest BCUT2D eigenvalue weighted by Gasteiger charge is -2.05. The van der Waals surface area contributed by atoms with Gasteiger partial charge < -0.3 is 10.2 Å². The fourth-order valence-corrected chi connectivity index (χ4v) is 1.40. The second-order valence-electron chi connectivity index (χ2n) is 3.41. The third kappa shape index (κ3) is 3.63. The summed E-state index contributed by atoms with van der Waals surface area (Å²) in [6.45, 7) is 0.524. The molecule has 0 spiro atoms. The number of hydrogen-bond donors (Lipinski definition) is 0. The minimum absolute atomic E-state index is 0. The van der Waals surface area contributed by atoms with Gasteiger partial charge in [0.15, 0.2) is 0 Å². The highest BCUT2D eigenvalue weighted by Gasteiger charge is 1.96. The molecule has 0 fully saturated rings. The van der Waals surface area contributed by atoms with Crippen molar-refractivity contribution in [3.8, 4) is 11.8 Å². The summed E-state index contributed by atoms with van der Waals surface area (Å²) < 4.78 is 5.58. The first kappa shape index (κ1) is 12.8. The van der Waals surface area contributed by atoms with Crippen molar-refractivity contribution in [3.63, 3.8) is 0 Å². The molecule has 0 radical (unpaired) electrons. The molecular formula is C14H13NO2. The van der Waals surface area contributed by atoms with Gasteiger partial charge in [-0.15, -0.1) is 0 Å². The largest absolute Gasteiger partial charge is 0.489 e. The summed E-state index contributed by atoms with van der Waals surface area (Å²) in [6.07, 6.45) is 0. The number of benzene rings is 2. The molecule has 0 saturated heterocycles. The van der Waals surface area contributed by atoms with Crippen LogP contribution in [0, 0.1) is 11.3 Å². The fraction of sp³-hybridized carbons (Fsp3) is 0.0714. The molecule has 3 nitrogen and oxygen atoms in total. The minimum Gasteiger partial charge on any atom is -0.489 e. The fourth-order valence-electron chi connectivity index (χ4n) is 1.40. The van der Waals surface area contributed by atoms with Crippen LogP contribution in [0.5, 0.6) is 5.75 Å². The SMILES string of the molecule is N#Cc1cccc(OCc2ccccc2)c1.O. The molecular weight excluding hydrogens is 214 g/mol. The second-order valence-corrected chi connectivity index (χ2v) is 3.41. The van der Waals surface area contributed by atoms with Gasteiger partial charge in [-0.3, -0.25) is 0 Å². The van der Waals surface area contributed by atoms with Gasteiger partial charge in [-0.1, -0.05) is 36.4 Å². The first-order valence-electron chi connectivity index (χ1n) is 5.05. The zero-order chi connectivity index (χ0) is 11.2. The van der Waals surface area contributed by atoms with Gasteiger partial charge in [0, 0.05) is 0 Å². The Hall–Kier alpha value is -2.31. The molecule has 0 saturated carbocycles. The summed E-state index contributed by atoms with van der Waals surface area (Å²) in [5.41, 5.74) is 1.73. The summed E-state index contributed by atoms with van der Waals surface area (Å²) in [6, 6.07) is 19.2. The van der Waals surface area contributed by atoms with Gasteiger partial charge in [0.25, 0.3) is 0 Å². The van der Waals surface area contributed by atoms with Crippen LogP contribution in [0.15, 0.2) is 54.6 Å². The topological polar surface area (TPSA) is 64.5 Å². The highest BCUT2D eigenvalue weighted by atomic mass is 16.5. The third-order valence-electron chi connectivity index (χ3n) is 2.21. The summed E-state index contributed by atoms with van der Waals surface area (Å²) in [5, 5.41) is 8.74. The van der Waals surface area contributed by atoms with Crippen molar-refractivity contribution in [2.24, 2.45) is 0 Å². The summed E-state index contributed by atoms with van der Waals surface area (Å²) >= 11 is 0. The van der Waals surface area contributed by atoms with E-state index < -0.39 is 0 Å². The van der Waals surface area contributed by atoms with Crippen LogP contribution in [0.2, 0.25) is 0 Å². The van der Waals surface area contributed by atoms with Crippen LogP contribution >= 0.6 is 0 Å². The molecule has 0 aliphatic rings. The highest BCUT2D eigenvalue weighted by Crippen LogP contribution is 2.14. The highest BCUT2D eigenvalue weighted by molar-refractivity contribution is 5.36. The minimum atomic E-state index is 0. The molecule has 3 heteroatoms. The van der Waals surface area contributed by atoms with E-state index in [1.165, 1.54) is 0 Å². The molecule has 86 valence electrons. The Morgan fingerprint density at radius 1 is 1.00 bits per heavy atom. The maximum atomic E-state index is 8.74. The van der Waals surface area contributed by atoms with E-state index in [-0.39, 0.29) is 5.48 Å². The van der Waals surface area contributed by atoms with E-state index >= 15 is 0 Å². The van der Waals surface area contributed by atoms with E-state index in [1.54, 1.807) is 12.1 Å². The van der Waals surface area contributed by atoms with E-state index in [9.17, 15) is 0 Å². The lowest BCUT2D eigenvalue weighted by molar-refractivity contribution is 0.306. The van der Waals surface area contributed by atoms with Crippen LogP contribution < -0.4 is 4.74 Å². The molecule has 17 heavy (non-hydrogen) atoms.